The van der Waals surface area contributed by atoms with Gasteiger partial charge >= 0.3 is 5.97 Å². The molecule has 0 saturated heterocycles. The Labute approximate surface area is 166 Å². The molecule has 3 rings (SSSR count). The van der Waals surface area contributed by atoms with E-state index in [4.69, 9.17) is 21.4 Å². The first kappa shape index (κ1) is 19.6. The molecule has 0 fully saturated rings. The Bertz CT molecular complexity index is 934. The summed E-state index contributed by atoms with van der Waals surface area (Å²) in [5, 5.41) is 19.3. The van der Waals surface area contributed by atoms with Crippen LogP contribution in [0.25, 0.3) is 0 Å². The fourth-order valence-electron chi connectivity index (χ4n) is 2.49. The van der Waals surface area contributed by atoms with E-state index in [-0.39, 0.29) is 23.4 Å². The molecule has 10 heteroatoms. The first-order valence-electron chi connectivity index (χ1n) is 8.43. The summed E-state index contributed by atoms with van der Waals surface area (Å²) >= 11 is 6.21. The van der Waals surface area contributed by atoms with Gasteiger partial charge in [-0.25, -0.2) is 9.78 Å². The smallest absolute Gasteiger partial charge is 0.333 e. The van der Waals surface area contributed by atoms with Crippen LogP contribution < -0.4 is 10.6 Å². The molecule has 3 aromatic rings. The monoisotopic (exact) mass is 402 g/mol. The minimum absolute atomic E-state index is 0.0129. The van der Waals surface area contributed by atoms with E-state index in [1.165, 1.54) is 13.3 Å². The molecule has 9 nitrogen and oxygen atoms in total. The first-order valence-corrected chi connectivity index (χ1v) is 8.80. The Kier molecular flexibility index (Phi) is 6.41. The number of aromatic nitrogens is 4. The van der Waals surface area contributed by atoms with Crippen molar-refractivity contribution in [3.8, 4) is 0 Å². The third kappa shape index (κ3) is 4.76. The molecule has 3 N–H and O–H groups in total. The van der Waals surface area contributed by atoms with Crippen LogP contribution in [0.5, 0.6) is 0 Å². The zero-order valence-corrected chi connectivity index (χ0v) is 15.8. The number of aliphatic hydroxyl groups excluding tert-OH is 1. The van der Waals surface area contributed by atoms with Crippen molar-refractivity contribution in [1.29, 1.82) is 0 Å². The van der Waals surface area contributed by atoms with E-state index in [1.807, 2.05) is 18.2 Å². The van der Waals surface area contributed by atoms with Gasteiger partial charge in [-0.2, -0.15) is 10.1 Å². The summed E-state index contributed by atoms with van der Waals surface area (Å²) in [6.45, 7) is 0.370. The number of esters is 1. The summed E-state index contributed by atoms with van der Waals surface area (Å²) in [6.07, 6.45) is 4.72. The zero-order valence-electron chi connectivity index (χ0n) is 15.0. The number of anilines is 3. The number of hydrogen-bond acceptors (Lipinski definition) is 8. The highest BCUT2D eigenvalue weighted by Gasteiger charge is 2.23. The van der Waals surface area contributed by atoms with E-state index >= 15 is 0 Å². The Balaban J connectivity index is 1.82. The second-order valence-corrected chi connectivity index (χ2v) is 6.15. The quantitative estimate of drug-likeness (QED) is 0.492. The summed E-state index contributed by atoms with van der Waals surface area (Å²) in [7, 11) is 1.32. The molecule has 0 spiro atoms. The van der Waals surface area contributed by atoms with Gasteiger partial charge in [0.15, 0.2) is 11.9 Å². The number of nitrogens with one attached hydrogen (secondary N) is 2. The number of nitrogens with zero attached hydrogens (tertiary/aromatic N) is 4. The standard InChI is InChI=1S/C18H19ClN6O3/c1-28-17(27)15(12-5-3-2-4-6-12)23-16-14(19)10-20-18(24-16)22-13-9-21-25(11-13)7-8-26/h2-6,9-11,15,26H,7-8H2,1H3,(H2,20,22,23,24). The molecule has 0 aliphatic rings. The van der Waals surface area contributed by atoms with Gasteiger partial charge in [0.1, 0.15) is 5.02 Å². The fourth-order valence-corrected chi connectivity index (χ4v) is 2.63. The topological polar surface area (TPSA) is 114 Å². The molecule has 0 amide bonds. The molecule has 0 aliphatic carbocycles. The lowest BCUT2D eigenvalue weighted by Gasteiger charge is -2.18. The van der Waals surface area contributed by atoms with E-state index in [0.717, 1.165) is 0 Å². The second kappa shape index (κ2) is 9.16. The first-order chi connectivity index (χ1) is 13.6. The lowest BCUT2D eigenvalue weighted by molar-refractivity contribution is -0.141. The number of benzene rings is 1. The normalized spacial score (nSPS) is 11.7. The Morgan fingerprint density at radius 3 is 2.82 bits per heavy atom. The summed E-state index contributed by atoms with van der Waals surface area (Å²) < 4.78 is 6.48. The minimum Gasteiger partial charge on any atom is -0.467 e. The molecule has 2 aromatic heterocycles. The summed E-state index contributed by atoms with van der Waals surface area (Å²) in [4.78, 5) is 20.7. The number of carbonyl (C=O) groups is 1. The highest BCUT2D eigenvalue weighted by molar-refractivity contribution is 6.32. The molecule has 1 atom stereocenters. The van der Waals surface area contributed by atoms with Crippen LogP contribution in [0.3, 0.4) is 0 Å². The maximum absolute atomic E-state index is 12.3. The van der Waals surface area contributed by atoms with Crippen molar-refractivity contribution in [2.45, 2.75) is 12.6 Å². The van der Waals surface area contributed by atoms with Crippen LogP contribution in [0, 0.1) is 0 Å². The van der Waals surface area contributed by atoms with Crippen LogP contribution >= 0.6 is 11.6 Å². The van der Waals surface area contributed by atoms with Gasteiger partial charge < -0.3 is 20.5 Å². The average molecular weight is 403 g/mol. The Morgan fingerprint density at radius 2 is 2.11 bits per heavy atom. The van der Waals surface area contributed by atoms with Crippen LogP contribution in [0.1, 0.15) is 11.6 Å². The van der Waals surface area contributed by atoms with Gasteiger partial charge in [-0.05, 0) is 5.56 Å². The van der Waals surface area contributed by atoms with Gasteiger partial charge in [0.25, 0.3) is 0 Å². The third-order valence-electron chi connectivity index (χ3n) is 3.81. The summed E-state index contributed by atoms with van der Waals surface area (Å²) in [6, 6.07) is 8.33. The Hall–Kier alpha value is -3.17. The maximum atomic E-state index is 12.3. The van der Waals surface area contributed by atoms with Crippen molar-refractivity contribution in [1.82, 2.24) is 19.7 Å². The van der Waals surface area contributed by atoms with Crippen LogP contribution in [-0.4, -0.2) is 44.5 Å². The van der Waals surface area contributed by atoms with Crippen LogP contribution in [0.4, 0.5) is 17.5 Å². The number of carbonyl (C=O) groups excluding carboxylic acids is 1. The van der Waals surface area contributed by atoms with Crippen molar-refractivity contribution in [2.75, 3.05) is 24.4 Å². The van der Waals surface area contributed by atoms with Crippen molar-refractivity contribution in [3.05, 3.63) is 59.5 Å². The van der Waals surface area contributed by atoms with Crippen LogP contribution in [-0.2, 0) is 16.1 Å². The molecular formula is C18H19ClN6O3. The largest absolute Gasteiger partial charge is 0.467 e. The van der Waals surface area contributed by atoms with E-state index in [0.29, 0.717) is 17.8 Å². The third-order valence-corrected chi connectivity index (χ3v) is 4.09. The number of ether oxygens (including phenoxy) is 1. The molecule has 0 radical (unpaired) electrons. The zero-order chi connectivity index (χ0) is 19.9. The molecular weight excluding hydrogens is 384 g/mol. The predicted octanol–water partition coefficient (Wildman–Crippen LogP) is 2.39. The second-order valence-electron chi connectivity index (χ2n) is 5.74. The van der Waals surface area contributed by atoms with E-state index in [2.05, 4.69) is 25.7 Å². The molecule has 0 aliphatic heterocycles. The van der Waals surface area contributed by atoms with Gasteiger partial charge in [-0.15, -0.1) is 0 Å². The average Bonchev–Trinajstić information content (AvgIpc) is 3.15. The summed E-state index contributed by atoms with van der Waals surface area (Å²) in [5.74, 6) is 0.0777. The molecule has 0 saturated carbocycles. The predicted molar refractivity (Wildman–Crippen MR) is 104 cm³/mol. The van der Waals surface area contributed by atoms with E-state index in [9.17, 15) is 4.79 Å². The van der Waals surface area contributed by atoms with Crippen molar-refractivity contribution < 1.29 is 14.6 Å². The molecule has 28 heavy (non-hydrogen) atoms. The highest BCUT2D eigenvalue weighted by Crippen LogP contribution is 2.26. The van der Waals surface area contributed by atoms with Crippen LogP contribution in [0.15, 0.2) is 48.9 Å². The van der Waals surface area contributed by atoms with Crippen molar-refractivity contribution in [2.24, 2.45) is 0 Å². The van der Waals surface area contributed by atoms with Crippen molar-refractivity contribution >= 4 is 35.0 Å². The summed E-state index contributed by atoms with van der Waals surface area (Å²) in [5.41, 5.74) is 1.36. The lowest BCUT2D eigenvalue weighted by Crippen LogP contribution is -2.23. The molecule has 146 valence electrons. The van der Waals surface area contributed by atoms with E-state index in [1.54, 1.807) is 29.2 Å². The molecule has 0 bridgehead atoms. The minimum atomic E-state index is -0.779. The molecule has 1 unspecified atom stereocenters. The lowest BCUT2D eigenvalue weighted by atomic mass is 10.1. The number of rotatable bonds is 8. The molecule has 1 aromatic carbocycles. The number of aliphatic hydroxyl groups is 1. The van der Waals surface area contributed by atoms with Crippen molar-refractivity contribution in [3.63, 3.8) is 0 Å². The van der Waals surface area contributed by atoms with Gasteiger partial charge in [0.2, 0.25) is 5.95 Å². The van der Waals surface area contributed by atoms with E-state index < -0.39 is 12.0 Å². The number of halogens is 1. The van der Waals surface area contributed by atoms with Crippen LogP contribution in [0.2, 0.25) is 5.02 Å². The SMILES string of the molecule is COC(=O)C(Nc1nc(Nc2cnn(CCO)c2)ncc1Cl)c1ccccc1. The Morgan fingerprint density at radius 1 is 1.32 bits per heavy atom. The highest BCUT2D eigenvalue weighted by atomic mass is 35.5. The van der Waals surface area contributed by atoms with Gasteiger partial charge in [0, 0.05) is 6.20 Å². The number of hydrogen-bond donors (Lipinski definition) is 3. The van der Waals surface area contributed by atoms with Gasteiger partial charge in [0.05, 0.1) is 38.3 Å². The number of methoxy groups -OCH3 is 1. The fraction of sp³-hybridized carbons (Fsp3) is 0.222. The molecule has 2 heterocycles. The maximum Gasteiger partial charge on any atom is 0.333 e. The van der Waals surface area contributed by atoms with Gasteiger partial charge in [-0.3, -0.25) is 4.68 Å². The van der Waals surface area contributed by atoms with Gasteiger partial charge in [-0.1, -0.05) is 41.9 Å².